The maximum Gasteiger partial charge on any atom is 0.226 e. The first kappa shape index (κ1) is 11.9. The number of aliphatic hydroxyl groups is 1. The maximum absolute atomic E-state index is 11.9. The molecule has 0 saturated heterocycles. The molecule has 0 unspecified atom stereocenters. The van der Waals surface area contributed by atoms with Crippen molar-refractivity contribution in [2.24, 2.45) is 0 Å². The molecule has 18 heavy (non-hydrogen) atoms. The molecule has 0 aliphatic carbocycles. The molecule has 0 bridgehead atoms. The van der Waals surface area contributed by atoms with E-state index in [9.17, 15) is 15.0 Å². The van der Waals surface area contributed by atoms with Gasteiger partial charge in [0.15, 0.2) is 5.76 Å². The zero-order chi connectivity index (χ0) is 13.0. The molecule has 0 aliphatic rings. The Kier molecular flexibility index (Phi) is 3.44. The first-order valence-corrected chi connectivity index (χ1v) is 5.45. The van der Waals surface area contributed by atoms with Crippen LogP contribution in [0.1, 0.15) is 15.9 Å². The Labute approximate surface area is 105 Å². The molecule has 3 nitrogen and oxygen atoms in total. The second-order valence-electron chi connectivity index (χ2n) is 3.74. The summed E-state index contributed by atoms with van der Waals surface area (Å²) in [6.45, 7) is 0. The molecule has 0 amide bonds. The van der Waals surface area contributed by atoms with Gasteiger partial charge in [0.2, 0.25) is 5.78 Å². The molecule has 0 atom stereocenters. The molecular weight excluding hydrogens is 228 g/mol. The van der Waals surface area contributed by atoms with E-state index < -0.39 is 17.3 Å². The van der Waals surface area contributed by atoms with Gasteiger partial charge in [-0.15, -0.1) is 0 Å². The van der Waals surface area contributed by atoms with Crippen LogP contribution in [0.15, 0.2) is 66.4 Å². The van der Waals surface area contributed by atoms with Gasteiger partial charge in [-0.1, -0.05) is 66.4 Å². The maximum atomic E-state index is 11.9. The van der Waals surface area contributed by atoms with Crippen LogP contribution in [0.3, 0.4) is 0 Å². The Morgan fingerprint density at radius 3 is 1.78 bits per heavy atom. The quantitative estimate of drug-likeness (QED) is 0.507. The largest absolute Gasteiger partial charge is 0.869 e. The van der Waals surface area contributed by atoms with Crippen molar-refractivity contribution in [1.29, 1.82) is 0 Å². The van der Waals surface area contributed by atoms with Crippen molar-refractivity contribution < 1.29 is 15.0 Å². The van der Waals surface area contributed by atoms with Crippen LogP contribution in [0, 0.1) is 0 Å². The molecular formula is C15H11O3-. The van der Waals surface area contributed by atoms with E-state index >= 15 is 0 Å². The first-order valence-electron chi connectivity index (χ1n) is 5.45. The SMILES string of the molecule is O=C(/C(O)=C(\[O-])c1ccccc1)c1ccccc1. The van der Waals surface area contributed by atoms with E-state index in [2.05, 4.69) is 0 Å². The highest BCUT2D eigenvalue weighted by Crippen LogP contribution is 2.15. The summed E-state index contributed by atoms with van der Waals surface area (Å²) in [5.74, 6) is -2.08. The van der Waals surface area contributed by atoms with E-state index in [1.807, 2.05) is 0 Å². The average molecular weight is 239 g/mol. The van der Waals surface area contributed by atoms with Gasteiger partial charge in [-0.2, -0.15) is 0 Å². The topological polar surface area (TPSA) is 60.4 Å². The van der Waals surface area contributed by atoms with Crippen LogP contribution < -0.4 is 5.11 Å². The fraction of sp³-hybridized carbons (Fsp3) is 0. The number of hydrogen-bond acceptors (Lipinski definition) is 3. The molecule has 1 N–H and O–H groups in total. The van der Waals surface area contributed by atoms with Crippen molar-refractivity contribution in [1.82, 2.24) is 0 Å². The van der Waals surface area contributed by atoms with Gasteiger partial charge >= 0.3 is 0 Å². The normalized spacial score (nSPS) is 11.8. The molecule has 0 aliphatic heterocycles. The van der Waals surface area contributed by atoms with Crippen LogP contribution in [0.2, 0.25) is 0 Å². The number of rotatable bonds is 3. The Bertz CT molecular complexity index is 571. The predicted octanol–water partition coefficient (Wildman–Crippen LogP) is 2.16. The van der Waals surface area contributed by atoms with Crippen LogP contribution in [-0.2, 0) is 0 Å². The third-order valence-electron chi connectivity index (χ3n) is 2.50. The Balaban J connectivity index is 2.37. The number of aliphatic hydroxyl groups excluding tert-OH is 1. The third kappa shape index (κ3) is 2.40. The lowest BCUT2D eigenvalue weighted by molar-refractivity contribution is -0.246. The molecule has 90 valence electrons. The zero-order valence-electron chi connectivity index (χ0n) is 9.54. The zero-order valence-corrected chi connectivity index (χ0v) is 9.54. The van der Waals surface area contributed by atoms with Gasteiger partial charge in [0, 0.05) is 5.56 Å². The fourth-order valence-electron chi connectivity index (χ4n) is 1.56. The smallest absolute Gasteiger partial charge is 0.226 e. The standard InChI is InChI=1S/C15H12O3/c16-13(11-7-3-1-4-8-11)15(18)14(17)12-9-5-2-6-10-12/h1-10,16,18H/p-1/b15-13+. The van der Waals surface area contributed by atoms with E-state index in [0.29, 0.717) is 11.1 Å². The van der Waals surface area contributed by atoms with Crippen LogP contribution in [0.4, 0.5) is 0 Å². The Hall–Kier alpha value is -2.55. The summed E-state index contributed by atoms with van der Waals surface area (Å²) in [5, 5.41) is 21.6. The van der Waals surface area contributed by atoms with Gasteiger partial charge in [-0.3, -0.25) is 4.79 Å². The minimum absolute atomic E-state index is 0.291. The molecule has 0 spiro atoms. The van der Waals surface area contributed by atoms with Crippen molar-refractivity contribution in [3.63, 3.8) is 0 Å². The Morgan fingerprint density at radius 1 is 0.833 bits per heavy atom. The molecule has 2 aromatic rings. The van der Waals surface area contributed by atoms with Gasteiger partial charge in [-0.05, 0) is 5.56 Å². The summed E-state index contributed by atoms with van der Waals surface area (Å²) in [6, 6.07) is 16.4. The second-order valence-corrected chi connectivity index (χ2v) is 3.74. The molecule has 0 radical (unpaired) electrons. The minimum atomic E-state index is -0.757. The van der Waals surface area contributed by atoms with Gasteiger partial charge < -0.3 is 10.2 Å². The lowest BCUT2D eigenvalue weighted by atomic mass is 10.1. The second kappa shape index (κ2) is 5.19. The third-order valence-corrected chi connectivity index (χ3v) is 2.50. The van der Waals surface area contributed by atoms with Gasteiger partial charge in [0.25, 0.3) is 0 Å². The number of carbonyl (C=O) groups excluding carboxylic acids is 1. The van der Waals surface area contributed by atoms with Crippen molar-refractivity contribution in [3.8, 4) is 0 Å². The number of ketones is 1. The summed E-state index contributed by atoms with van der Waals surface area (Å²) in [5.41, 5.74) is 0.582. The van der Waals surface area contributed by atoms with Crippen LogP contribution in [-0.4, -0.2) is 10.9 Å². The molecule has 0 aromatic heterocycles. The van der Waals surface area contributed by atoms with E-state index in [4.69, 9.17) is 0 Å². The van der Waals surface area contributed by atoms with E-state index in [1.54, 1.807) is 60.7 Å². The summed E-state index contributed by atoms with van der Waals surface area (Å²) >= 11 is 0. The van der Waals surface area contributed by atoms with E-state index in [1.165, 1.54) is 0 Å². The van der Waals surface area contributed by atoms with Crippen LogP contribution in [0.5, 0.6) is 0 Å². The minimum Gasteiger partial charge on any atom is -0.869 e. The molecule has 0 saturated carbocycles. The highest BCUT2D eigenvalue weighted by Gasteiger charge is 2.11. The number of Topliss-reactive ketones (excluding diaryl/α,β-unsaturated/α-hetero) is 1. The Morgan fingerprint density at radius 2 is 1.28 bits per heavy atom. The van der Waals surface area contributed by atoms with Gasteiger partial charge in [0.1, 0.15) is 0 Å². The lowest BCUT2D eigenvalue weighted by Gasteiger charge is -2.14. The van der Waals surface area contributed by atoms with Gasteiger partial charge in [-0.25, -0.2) is 0 Å². The number of carbonyl (C=O) groups is 1. The first-order chi connectivity index (χ1) is 8.70. The number of benzene rings is 2. The van der Waals surface area contributed by atoms with Crippen LogP contribution in [0.25, 0.3) is 5.76 Å². The van der Waals surface area contributed by atoms with Gasteiger partial charge in [0.05, 0.1) is 0 Å². The van der Waals surface area contributed by atoms with Crippen molar-refractivity contribution in [3.05, 3.63) is 77.5 Å². The van der Waals surface area contributed by atoms with Crippen molar-refractivity contribution in [2.45, 2.75) is 0 Å². The van der Waals surface area contributed by atoms with E-state index in [-0.39, 0.29) is 0 Å². The number of hydrogen-bond donors (Lipinski definition) is 1. The lowest BCUT2D eigenvalue weighted by Crippen LogP contribution is -2.13. The predicted molar refractivity (Wildman–Crippen MR) is 66.8 cm³/mol. The number of allylic oxidation sites excluding steroid dienone is 1. The summed E-state index contributed by atoms with van der Waals surface area (Å²) in [6.07, 6.45) is 0. The molecule has 3 heteroatoms. The molecule has 2 aromatic carbocycles. The summed E-state index contributed by atoms with van der Waals surface area (Å²) in [7, 11) is 0. The summed E-state index contributed by atoms with van der Waals surface area (Å²) in [4.78, 5) is 11.9. The highest BCUT2D eigenvalue weighted by molar-refractivity contribution is 6.10. The fourth-order valence-corrected chi connectivity index (χ4v) is 1.56. The molecule has 2 rings (SSSR count). The van der Waals surface area contributed by atoms with Crippen LogP contribution >= 0.6 is 0 Å². The monoisotopic (exact) mass is 239 g/mol. The average Bonchev–Trinajstić information content (AvgIpc) is 2.47. The van der Waals surface area contributed by atoms with Crippen molar-refractivity contribution in [2.75, 3.05) is 0 Å². The van der Waals surface area contributed by atoms with E-state index in [0.717, 1.165) is 0 Å². The highest BCUT2D eigenvalue weighted by atomic mass is 16.3. The summed E-state index contributed by atoms with van der Waals surface area (Å²) < 4.78 is 0. The molecule has 0 fully saturated rings. The van der Waals surface area contributed by atoms with Crippen molar-refractivity contribution >= 4 is 11.5 Å². The molecule has 0 heterocycles.